The highest BCUT2D eigenvalue weighted by Gasteiger charge is 2.15. The van der Waals surface area contributed by atoms with Crippen molar-refractivity contribution in [3.63, 3.8) is 0 Å². The highest BCUT2D eigenvalue weighted by atomic mass is 16.6. The number of hydrogen-bond acceptors (Lipinski definition) is 7. The Balaban J connectivity index is 1.42. The van der Waals surface area contributed by atoms with Crippen LogP contribution in [0, 0.1) is 13.8 Å². The molecule has 0 aliphatic heterocycles. The largest absolute Gasteiger partial charge is 0.482 e. The van der Waals surface area contributed by atoms with Gasteiger partial charge in [0.1, 0.15) is 28.4 Å². The van der Waals surface area contributed by atoms with Crippen LogP contribution in [0.2, 0.25) is 0 Å². The molecule has 0 saturated carbocycles. The fourth-order valence-electron chi connectivity index (χ4n) is 3.15. The summed E-state index contributed by atoms with van der Waals surface area (Å²) in [4.78, 5) is 36.9. The summed E-state index contributed by atoms with van der Waals surface area (Å²) in [6.45, 7) is 3.68. The molecule has 0 bridgehead atoms. The molecule has 0 unspecified atom stereocenters. The van der Waals surface area contributed by atoms with E-state index in [0.717, 1.165) is 11.1 Å². The molecule has 2 heterocycles. The van der Waals surface area contributed by atoms with Gasteiger partial charge in [-0.2, -0.15) is 0 Å². The van der Waals surface area contributed by atoms with Gasteiger partial charge in [0.05, 0.1) is 12.8 Å². The second kappa shape index (κ2) is 9.44. The fraction of sp³-hybridized carbons (Fsp3) is 0.160. The van der Waals surface area contributed by atoms with Gasteiger partial charge in [0, 0.05) is 11.5 Å². The molecule has 2 aromatic heterocycles. The second-order valence-corrected chi connectivity index (χ2v) is 7.44. The Kier molecular flexibility index (Phi) is 6.26. The zero-order valence-electron chi connectivity index (χ0n) is 18.0. The van der Waals surface area contributed by atoms with Crippen LogP contribution in [0.25, 0.3) is 11.0 Å². The summed E-state index contributed by atoms with van der Waals surface area (Å²) in [5.74, 6) is 0.166. The van der Waals surface area contributed by atoms with Gasteiger partial charge < -0.3 is 23.6 Å². The summed E-state index contributed by atoms with van der Waals surface area (Å²) < 4.78 is 21.3. The Bertz CT molecular complexity index is 1370. The minimum Gasteiger partial charge on any atom is -0.482 e. The highest BCUT2D eigenvalue weighted by Crippen LogP contribution is 2.22. The van der Waals surface area contributed by atoms with Crippen LogP contribution in [0.4, 0.5) is 0 Å². The van der Waals surface area contributed by atoms with Crippen molar-refractivity contribution in [2.45, 2.75) is 20.4 Å². The molecule has 0 spiro atoms. The standard InChI is InChI=1S/C25H21NO7/c1-15-5-6-16(2)21(10-15)31-14-23(27)32-18-8-7-17-11-20(25(29)33-22(17)12-18)24(28)26-13-19-4-3-9-30-19/h3-12H,13-14H2,1-2H3,(H,26,28). The summed E-state index contributed by atoms with van der Waals surface area (Å²) in [5, 5.41) is 3.11. The van der Waals surface area contributed by atoms with E-state index in [0.29, 0.717) is 16.9 Å². The molecule has 33 heavy (non-hydrogen) atoms. The number of nitrogens with one attached hydrogen (secondary N) is 1. The summed E-state index contributed by atoms with van der Waals surface area (Å²) in [7, 11) is 0. The molecule has 0 fully saturated rings. The van der Waals surface area contributed by atoms with Crippen LogP contribution in [-0.2, 0) is 11.3 Å². The van der Waals surface area contributed by atoms with Gasteiger partial charge in [-0.3, -0.25) is 4.79 Å². The lowest BCUT2D eigenvalue weighted by Gasteiger charge is -2.10. The van der Waals surface area contributed by atoms with Crippen LogP contribution in [-0.4, -0.2) is 18.5 Å². The van der Waals surface area contributed by atoms with Gasteiger partial charge in [0.2, 0.25) is 0 Å². The first-order valence-electron chi connectivity index (χ1n) is 10.2. The number of aryl methyl sites for hydroxylation is 2. The smallest absolute Gasteiger partial charge is 0.349 e. The molecule has 8 nitrogen and oxygen atoms in total. The van der Waals surface area contributed by atoms with E-state index in [1.54, 1.807) is 24.3 Å². The highest BCUT2D eigenvalue weighted by molar-refractivity contribution is 5.96. The molecular weight excluding hydrogens is 426 g/mol. The molecule has 0 atom stereocenters. The number of fused-ring (bicyclic) bond motifs is 1. The molecule has 0 saturated heterocycles. The van der Waals surface area contributed by atoms with E-state index >= 15 is 0 Å². The van der Waals surface area contributed by atoms with Crippen molar-refractivity contribution in [2.24, 2.45) is 0 Å². The molecule has 8 heteroatoms. The van der Waals surface area contributed by atoms with Gasteiger partial charge in [0.15, 0.2) is 6.61 Å². The number of rotatable bonds is 7. The van der Waals surface area contributed by atoms with Crippen molar-refractivity contribution >= 4 is 22.8 Å². The normalized spacial score (nSPS) is 10.7. The van der Waals surface area contributed by atoms with Crippen molar-refractivity contribution in [1.82, 2.24) is 5.32 Å². The van der Waals surface area contributed by atoms with Gasteiger partial charge in [-0.15, -0.1) is 0 Å². The number of carbonyl (C=O) groups is 2. The average Bonchev–Trinajstić information content (AvgIpc) is 3.31. The summed E-state index contributed by atoms with van der Waals surface area (Å²) in [6, 6.07) is 15.1. The van der Waals surface area contributed by atoms with Crippen molar-refractivity contribution in [2.75, 3.05) is 6.61 Å². The number of carbonyl (C=O) groups excluding carboxylic acids is 2. The molecule has 0 aliphatic rings. The topological polar surface area (TPSA) is 108 Å². The SMILES string of the molecule is Cc1ccc(C)c(OCC(=O)Oc2ccc3cc(C(=O)NCc4ccco4)c(=O)oc3c2)c1. The maximum absolute atomic E-state index is 12.4. The zero-order chi connectivity index (χ0) is 23.4. The first-order chi connectivity index (χ1) is 15.9. The van der Waals surface area contributed by atoms with E-state index in [1.165, 1.54) is 18.4 Å². The van der Waals surface area contributed by atoms with Gasteiger partial charge in [-0.25, -0.2) is 9.59 Å². The zero-order valence-corrected chi connectivity index (χ0v) is 18.0. The molecule has 1 N–H and O–H groups in total. The fourth-order valence-corrected chi connectivity index (χ4v) is 3.15. The molecule has 4 rings (SSSR count). The quantitative estimate of drug-likeness (QED) is 0.260. The average molecular weight is 447 g/mol. The monoisotopic (exact) mass is 447 g/mol. The number of furan rings is 1. The van der Waals surface area contributed by atoms with Gasteiger partial charge in [-0.05, 0) is 61.4 Å². The van der Waals surface area contributed by atoms with Crippen LogP contribution in [0.15, 0.2) is 74.5 Å². The molecule has 168 valence electrons. The third-order valence-electron chi connectivity index (χ3n) is 4.88. The van der Waals surface area contributed by atoms with E-state index < -0.39 is 17.5 Å². The predicted octanol–water partition coefficient (Wildman–Crippen LogP) is 3.92. The Hall–Kier alpha value is -4.33. The van der Waals surface area contributed by atoms with E-state index in [-0.39, 0.29) is 30.0 Å². The molecule has 0 aliphatic carbocycles. The summed E-state index contributed by atoms with van der Waals surface area (Å²) >= 11 is 0. The first kappa shape index (κ1) is 21.9. The number of benzene rings is 2. The minimum absolute atomic E-state index is 0.138. The molecule has 0 radical (unpaired) electrons. The lowest BCUT2D eigenvalue weighted by molar-refractivity contribution is -0.136. The van der Waals surface area contributed by atoms with Crippen LogP contribution in [0.1, 0.15) is 27.2 Å². The van der Waals surface area contributed by atoms with Crippen molar-refractivity contribution in [1.29, 1.82) is 0 Å². The number of hydrogen-bond donors (Lipinski definition) is 1. The van der Waals surface area contributed by atoms with Gasteiger partial charge in [0.25, 0.3) is 5.91 Å². The van der Waals surface area contributed by atoms with Gasteiger partial charge in [-0.1, -0.05) is 12.1 Å². The maximum Gasteiger partial charge on any atom is 0.349 e. The minimum atomic E-state index is -0.804. The Morgan fingerprint density at radius 2 is 1.88 bits per heavy atom. The third kappa shape index (κ3) is 5.30. The van der Waals surface area contributed by atoms with Crippen LogP contribution >= 0.6 is 0 Å². The van der Waals surface area contributed by atoms with Crippen LogP contribution < -0.4 is 20.4 Å². The van der Waals surface area contributed by atoms with Crippen LogP contribution in [0.3, 0.4) is 0 Å². The van der Waals surface area contributed by atoms with Crippen molar-refractivity contribution in [3.05, 3.63) is 93.7 Å². The number of esters is 1. The Morgan fingerprint density at radius 3 is 2.67 bits per heavy atom. The second-order valence-electron chi connectivity index (χ2n) is 7.44. The van der Waals surface area contributed by atoms with E-state index in [4.69, 9.17) is 18.3 Å². The van der Waals surface area contributed by atoms with Crippen molar-refractivity contribution in [3.8, 4) is 11.5 Å². The molecule has 4 aromatic rings. The Morgan fingerprint density at radius 1 is 1.03 bits per heavy atom. The third-order valence-corrected chi connectivity index (χ3v) is 4.88. The first-order valence-corrected chi connectivity index (χ1v) is 10.2. The van der Waals surface area contributed by atoms with Crippen molar-refractivity contribution < 1.29 is 27.9 Å². The Labute approximate surface area is 188 Å². The lowest BCUT2D eigenvalue weighted by atomic mass is 10.1. The molecular formula is C25H21NO7. The van der Waals surface area contributed by atoms with Gasteiger partial charge >= 0.3 is 11.6 Å². The summed E-state index contributed by atoms with van der Waals surface area (Å²) in [6.07, 6.45) is 1.49. The molecule has 1 amide bonds. The van der Waals surface area contributed by atoms with E-state index in [9.17, 15) is 14.4 Å². The van der Waals surface area contributed by atoms with Crippen LogP contribution in [0.5, 0.6) is 11.5 Å². The maximum atomic E-state index is 12.4. The van der Waals surface area contributed by atoms with E-state index in [1.807, 2.05) is 32.0 Å². The number of amides is 1. The predicted molar refractivity (Wildman–Crippen MR) is 119 cm³/mol. The summed E-state index contributed by atoms with van der Waals surface area (Å²) in [5.41, 5.74) is 1.16. The number of ether oxygens (including phenoxy) is 2. The lowest BCUT2D eigenvalue weighted by Crippen LogP contribution is -2.27. The molecule has 2 aromatic carbocycles. The van der Waals surface area contributed by atoms with E-state index in [2.05, 4.69) is 5.32 Å².